The number of aromatic nitrogens is 4. The molecule has 0 bridgehead atoms. The van der Waals surface area contributed by atoms with Gasteiger partial charge in [0.05, 0.1) is 22.2 Å². The minimum atomic E-state index is 0.665. The van der Waals surface area contributed by atoms with Crippen LogP contribution < -0.4 is 0 Å². The second kappa shape index (κ2) is 11.6. The summed E-state index contributed by atoms with van der Waals surface area (Å²) in [5.74, 6) is 0.665. The van der Waals surface area contributed by atoms with Crippen molar-refractivity contribution in [3.63, 3.8) is 0 Å². The van der Waals surface area contributed by atoms with Crippen LogP contribution in [0, 0.1) is 0 Å². The molecule has 0 amide bonds. The number of nitrogens with zero attached hydrogens (tertiary/aromatic N) is 3. The third kappa shape index (κ3) is 4.52. The molecular weight excluding hydrogens is 669 g/mol. The van der Waals surface area contributed by atoms with Crippen LogP contribution in [0.5, 0.6) is 0 Å². The van der Waals surface area contributed by atoms with Gasteiger partial charge in [0, 0.05) is 48.9 Å². The molecule has 0 saturated carbocycles. The monoisotopic (exact) mass is 700 g/mol. The van der Waals surface area contributed by atoms with Crippen molar-refractivity contribution in [2.75, 3.05) is 0 Å². The highest BCUT2D eigenvalue weighted by molar-refractivity contribution is 6.33. The molecule has 3 aromatic heterocycles. The number of aromatic amines is 1. The van der Waals surface area contributed by atoms with Crippen molar-refractivity contribution < 1.29 is 0 Å². The molecule has 55 heavy (non-hydrogen) atoms. The summed E-state index contributed by atoms with van der Waals surface area (Å²) in [5, 5.41) is 13.4. The van der Waals surface area contributed by atoms with Crippen LogP contribution in [0.3, 0.4) is 0 Å². The first kappa shape index (κ1) is 30.2. The Hall–Kier alpha value is -7.30. The van der Waals surface area contributed by atoms with E-state index in [2.05, 4.69) is 179 Å². The molecule has 0 aliphatic carbocycles. The summed E-state index contributed by atoms with van der Waals surface area (Å²) in [7, 11) is 0. The molecule has 0 radical (unpaired) electrons. The third-order valence-corrected chi connectivity index (χ3v) is 11.5. The van der Waals surface area contributed by atoms with Crippen LogP contribution >= 0.6 is 0 Å². The second-order valence-corrected chi connectivity index (χ2v) is 14.6. The quantitative estimate of drug-likeness (QED) is 0.186. The van der Waals surface area contributed by atoms with Gasteiger partial charge in [0.15, 0.2) is 0 Å². The smallest absolute Gasteiger partial charge is 0.235 e. The van der Waals surface area contributed by atoms with E-state index in [9.17, 15) is 0 Å². The Bertz CT molecular complexity index is 3500. The molecule has 0 aliphatic heterocycles. The van der Waals surface area contributed by atoms with E-state index >= 15 is 0 Å². The highest BCUT2D eigenvalue weighted by atomic mass is 15.2. The van der Waals surface area contributed by atoms with Gasteiger partial charge >= 0.3 is 0 Å². The van der Waals surface area contributed by atoms with E-state index in [0.29, 0.717) is 5.95 Å². The van der Waals surface area contributed by atoms with Crippen LogP contribution in [0.4, 0.5) is 0 Å². The number of benzene rings is 9. The summed E-state index contributed by atoms with van der Waals surface area (Å²) in [4.78, 5) is 14.4. The second-order valence-electron chi connectivity index (χ2n) is 14.6. The van der Waals surface area contributed by atoms with E-state index in [4.69, 9.17) is 9.97 Å². The summed E-state index contributed by atoms with van der Waals surface area (Å²) >= 11 is 0. The van der Waals surface area contributed by atoms with Crippen LogP contribution in [0.15, 0.2) is 176 Å². The molecule has 4 nitrogen and oxygen atoms in total. The van der Waals surface area contributed by atoms with Gasteiger partial charge in [-0.15, -0.1) is 0 Å². The minimum Gasteiger partial charge on any atom is -0.354 e. The van der Waals surface area contributed by atoms with Crippen molar-refractivity contribution in [2.45, 2.75) is 6.42 Å². The van der Waals surface area contributed by atoms with Gasteiger partial charge in [0.1, 0.15) is 0 Å². The van der Waals surface area contributed by atoms with Crippen molar-refractivity contribution in [3.05, 3.63) is 187 Å². The first-order valence-electron chi connectivity index (χ1n) is 18.9. The lowest BCUT2D eigenvalue weighted by Gasteiger charge is -2.15. The van der Waals surface area contributed by atoms with Crippen LogP contribution in [0.25, 0.3) is 104 Å². The Labute approximate surface area is 315 Å². The van der Waals surface area contributed by atoms with E-state index in [1.165, 1.54) is 65.0 Å². The highest BCUT2D eigenvalue weighted by Gasteiger charge is 2.21. The van der Waals surface area contributed by atoms with Gasteiger partial charge in [-0.05, 0) is 80.9 Å². The van der Waals surface area contributed by atoms with Gasteiger partial charge in [0.25, 0.3) is 0 Å². The Morgan fingerprint density at radius 2 is 1.15 bits per heavy atom. The maximum atomic E-state index is 5.36. The number of para-hydroxylation sites is 3. The molecule has 0 unspecified atom stereocenters. The summed E-state index contributed by atoms with van der Waals surface area (Å²) in [6.07, 6.45) is 0.853. The lowest BCUT2D eigenvalue weighted by Crippen LogP contribution is -2.03. The average Bonchev–Trinajstić information content (AvgIpc) is 3.78. The molecule has 9 aromatic carbocycles. The predicted molar refractivity (Wildman–Crippen MR) is 230 cm³/mol. The molecule has 0 spiro atoms. The first-order chi connectivity index (χ1) is 27.3. The summed E-state index contributed by atoms with van der Waals surface area (Å²) in [5.41, 5.74) is 10.0. The summed E-state index contributed by atoms with van der Waals surface area (Å²) in [6, 6.07) is 63.4. The standard InChI is InChI=1S/C51H32N4/c1-3-13-31(14-4-1)27-35-28-34-24-23-32-25-26-46-49(48(32)47(34)41-30-44-40(29-39(35)41)36-17-7-10-20-42(36)52-44)38-19-9-12-22-45(38)55(46)51-53-43-21-11-8-18-37(43)50(54-51)33-15-5-2-6-16-33/h1-26,28-30,52H,27H2. The Morgan fingerprint density at radius 1 is 0.436 bits per heavy atom. The Balaban J connectivity index is 1.23. The Morgan fingerprint density at radius 3 is 2.02 bits per heavy atom. The average molecular weight is 701 g/mol. The fourth-order valence-electron chi connectivity index (χ4n) is 9.10. The molecule has 256 valence electrons. The molecule has 4 heteroatoms. The fraction of sp³-hybridized carbons (Fsp3) is 0.0196. The number of hydrogen-bond acceptors (Lipinski definition) is 2. The lowest BCUT2D eigenvalue weighted by molar-refractivity contribution is 1.01. The lowest BCUT2D eigenvalue weighted by atomic mass is 9.89. The first-order valence-corrected chi connectivity index (χ1v) is 18.9. The van der Waals surface area contributed by atoms with Crippen LogP contribution in [-0.4, -0.2) is 19.5 Å². The van der Waals surface area contributed by atoms with Crippen LogP contribution in [0.2, 0.25) is 0 Å². The maximum absolute atomic E-state index is 5.36. The van der Waals surface area contributed by atoms with Gasteiger partial charge in [-0.1, -0.05) is 140 Å². The zero-order chi connectivity index (χ0) is 36.0. The third-order valence-electron chi connectivity index (χ3n) is 11.5. The van der Waals surface area contributed by atoms with Crippen LogP contribution in [-0.2, 0) is 6.42 Å². The zero-order valence-corrected chi connectivity index (χ0v) is 29.8. The molecule has 0 saturated heterocycles. The molecule has 12 aromatic rings. The van der Waals surface area contributed by atoms with Crippen molar-refractivity contribution in [1.29, 1.82) is 0 Å². The van der Waals surface area contributed by atoms with Gasteiger partial charge in [-0.3, -0.25) is 4.57 Å². The van der Waals surface area contributed by atoms with Gasteiger partial charge in [-0.25, -0.2) is 9.97 Å². The predicted octanol–water partition coefficient (Wildman–Crippen LogP) is 13.1. The topological polar surface area (TPSA) is 46.5 Å². The minimum absolute atomic E-state index is 0.665. The van der Waals surface area contributed by atoms with E-state index in [-0.39, 0.29) is 0 Å². The molecule has 0 aliphatic rings. The zero-order valence-electron chi connectivity index (χ0n) is 29.8. The summed E-state index contributed by atoms with van der Waals surface area (Å²) < 4.78 is 2.27. The fourth-order valence-corrected chi connectivity index (χ4v) is 9.10. The number of hydrogen-bond donors (Lipinski definition) is 1. The number of nitrogens with one attached hydrogen (secondary N) is 1. The normalized spacial score (nSPS) is 12.1. The largest absolute Gasteiger partial charge is 0.354 e. The number of rotatable bonds is 4. The van der Waals surface area contributed by atoms with Crippen molar-refractivity contribution in [3.8, 4) is 17.2 Å². The van der Waals surface area contributed by atoms with Crippen LogP contribution in [0.1, 0.15) is 11.1 Å². The summed E-state index contributed by atoms with van der Waals surface area (Å²) in [6.45, 7) is 0. The maximum Gasteiger partial charge on any atom is 0.235 e. The molecule has 12 rings (SSSR count). The van der Waals surface area contributed by atoms with Gasteiger partial charge < -0.3 is 4.98 Å². The molecule has 0 atom stereocenters. The van der Waals surface area contributed by atoms with Gasteiger partial charge in [0.2, 0.25) is 5.95 Å². The molecule has 1 N–H and O–H groups in total. The SMILES string of the molecule is c1ccc(Cc2cc3ccc4ccc5c(c6ccccc6n5-c5nc(-c6ccccc6)c6ccccc6n5)c4c3c3cc4[nH]c5ccccc5c4cc23)cc1. The molecular formula is C51H32N4. The van der Waals surface area contributed by atoms with Gasteiger partial charge in [-0.2, -0.15) is 0 Å². The van der Waals surface area contributed by atoms with E-state index < -0.39 is 0 Å². The molecule has 0 fully saturated rings. The number of fused-ring (bicyclic) bond motifs is 13. The number of H-pyrrole nitrogens is 1. The highest BCUT2D eigenvalue weighted by Crippen LogP contribution is 2.44. The van der Waals surface area contributed by atoms with Crippen molar-refractivity contribution >= 4 is 86.8 Å². The molecule has 3 heterocycles. The van der Waals surface area contributed by atoms with E-state index in [0.717, 1.165) is 50.6 Å². The van der Waals surface area contributed by atoms with Crippen molar-refractivity contribution in [2.24, 2.45) is 0 Å². The Kier molecular flexibility index (Phi) is 6.37. The van der Waals surface area contributed by atoms with E-state index in [1.807, 2.05) is 6.07 Å². The van der Waals surface area contributed by atoms with Crippen molar-refractivity contribution in [1.82, 2.24) is 19.5 Å². The van der Waals surface area contributed by atoms with E-state index in [1.54, 1.807) is 0 Å².